The van der Waals surface area contributed by atoms with Crippen LogP contribution in [0.5, 0.6) is 0 Å². The van der Waals surface area contributed by atoms with Crippen LogP contribution in [0.3, 0.4) is 0 Å². The lowest BCUT2D eigenvalue weighted by Crippen LogP contribution is -2.37. The van der Waals surface area contributed by atoms with E-state index in [4.69, 9.17) is 9.84 Å². The quantitative estimate of drug-likeness (QED) is 0.708. The lowest BCUT2D eigenvalue weighted by atomic mass is 9.94. The predicted octanol–water partition coefficient (Wildman–Crippen LogP) is 1.99. The molecule has 1 saturated heterocycles. The van der Waals surface area contributed by atoms with Crippen molar-refractivity contribution in [2.45, 2.75) is 39.0 Å². The molecule has 17 heavy (non-hydrogen) atoms. The number of morpholine rings is 1. The van der Waals surface area contributed by atoms with E-state index in [0.717, 1.165) is 58.5 Å². The highest BCUT2D eigenvalue weighted by atomic mass is 16.5. The summed E-state index contributed by atoms with van der Waals surface area (Å²) >= 11 is 0. The molecule has 0 amide bonds. The van der Waals surface area contributed by atoms with Crippen molar-refractivity contribution in [1.82, 2.24) is 4.90 Å². The van der Waals surface area contributed by atoms with Crippen LogP contribution in [-0.2, 0) is 9.53 Å². The van der Waals surface area contributed by atoms with Gasteiger partial charge in [-0.15, -0.1) is 0 Å². The first-order valence-electron chi connectivity index (χ1n) is 6.74. The summed E-state index contributed by atoms with van der Waals surface area (Å²) in [5.74, 6) is -0.101. The molecule has 0 bridgehead atoms. The van der Waals surface area contributed by atoms with E-state index >= 15 is 0 Å². The number of carboxylic acids is 1. The zero-order valence-electron chi connectivity index (χ0n) is 10.9. The predicted molar refractivity (Wildman–Crippen MR) is 67.1 cm³/mol. The van der Waals surface area contributed by atoms with E-state index in [2.05, 4.69) is 11.8 Å². The van der Waals surface area contributed by atoms with Gasteiger partial charge < -0.3 is 9.84 Å². The van der Waals surface area contributed by atoms with Crippen LogP contribution in [-0.4, -0.2) is 48.8 Å². The molecule has 0 spiro atoms. The Balaban J connectivity index is 2.19. The van der Waals surface area contributed by atoms with Gasteiger partial charge in [0.15, 0.2) is 0 Å². The second kappa shape index (κ2) is 8.48. The lowest BCUT2D eigenvalue weighted by Gasteiger charge is -2.28. The van der Waals surface area contributed by atoms with Gasteiger partial charge in [0.2, 0.25) is 0 Å². The van der Waals surface area contributed by atoms with Gasteiger partial charge in [-0.25, -0.2) is 0 Å². The molecule has 1 aliphatic rings. The van der Waals surface area contributed by atoms with E-state index < -0.39 is 5.97 Å². The summed E-state index contributed by atoms with van der Waals surface area (Å²) < 4.78 is 5.31. The monoisotopic (exact) mass is 243 g/mol. The van der Waals surface area contributed by atoms with Crippen LogP contribution in [0.2, 0.25) is 0 Å². The van der Waals surface area contributed by atoms with Crippen molar-refractivity contribution in [1.29, 1.82) is 0 Å². The Kier molecular flexibility index (Phi) is 7.21. The van der Waals surface area contributed by atoms with Crippen LogP contribution < -0.4 is 0 Å². The minimum absolute atomic E-state index is 0.313. The van der Waals surface area contributed by atoms with Crippen molar-refractivity contribution in [2.24, 2.45) is 5.92 Å². The fourth-order valence-corrected chi connectivity index (χ4v) is 2.36. The zero-order valence-corrected chi connectivity index (χ0v) is 10.9. The molecule has 1 aliphatic heterocycles. The van der Waals surface area contributed by atoms with Gasteiger partial charge in [0.05, 0.1) is 13.2 Å². The summed E-state index contributed by atoms with van der Waals surface area (Å²) in [6.07, 6.45) is 4.56. The van der Waals surface area contributed by atoms with Gasteiger partial charge in [0.1, 0.15) is 0 Å². The normalized spacial score (nSPS) is 19.1. The van der Waals surface area contributed by atoms with Gasteiger partial charge in [-0.05, 0) is 25.3 Å². The van der Waals surface area contributed by atoms with Gasteiger partial charge in [-0.3, -0.25) is 9.69 Å². The standard InChI is InChI=1S/C13H25NO3/c1-2-3-12(4-5-13(15)16)6-7-14-8-10-17-11-9-14/h12H,2-11H2,1H3,(H,15,16). The molecule has 0 aromatic rings. The first-order chi connectivity index (χ1) is 8.22. The van der Waals surface area contributed by atoms with E-state index in [0.29, 0.717) is 12.3 Å². The maximum Gasteiger partial charge on any atom is 0.303 e. The van der Waals surface area contributed by atoms with E-state index in [1.807, 2.05) is 0 Å². The smallest absolute Gasteiger partial charge is 0.303 e. The topological polar surface area (TPSA) is 49.8 Å². The molecule has 1 unspecified atom stereocenters. The van der Waals surface area contributed by atoms with Crippen LogP contribution in [0.4, 0.5) is 0 Å². The molecule has 100 valence electrons. The third-order valence-electron chi connectivity index (χ3n) is 3.42. The first kappa shape index (κ1) is 14.5. The fraction of sp³-hybridized carbons (Fsp3) is 0.923. The van der Waals surface area contributed by atoms with Crippen LogP contribution >= 0.6 is 0 Å². The number of nitrogens with zero attached hydrogens (tertiary/aromatic N) is 1. The second-order valence-electron chi connectivity index (χ2n) is 4.83. The van der Waals surface area contributed by atoms with Crippen molar-refractivity contribution in [2.75, 3.05) is 32.8 Å². The Bertz CT molecular complexity index is 215. The molecule has 1 atom stereocenters. The molecule has 1 rings (SSSR count). The highest BCUT2D eigenvalue weighted by Gasteiger charge is 2.14. The van der Waals surface area contributed by atoms with Crippen molar-refractivity contribution in [3.63, 3.8) is 0 Å². The van der Waals surface area contributed by atoms with E-state index in [1.165, 1.54) is 0 Å². The van der Waals surface area contributed by atoms with Crippen LogP contribution in [0, 0.1) is 5.92 Å². The van der Waals surface area contributed by atoms with Crippen LogP contribution in [0.25, 0.3) is 0 Å². The van der Waals surface area contributed by atoms with Crippen molar-refractivity contribution >= 4 is 5.97 Å². The molecule has 1 fully saturated rings. The molecular formula is C13H25NO3. The Labute approximate surface area is 104 Å². The Morgan fingerprint density at radius 1 is 1.29 bits per heavy atom. The molecule has 0 aromatic carbocycles. The zero-order chi connectivity index (χ0) is 12.5. The summed E-state index contributed by atoms with van der Waals surface area (Å²) in [7, 11) is 0. The lowest BCUT2D eigenvalue weighted by molar-refractivity contribution is -0.137. The van der Waals surface area contributed by atoms with Crippen molar-refractivity contribution in [3.8, 4) is 0 Å². The second-order valence-corrected chi connectivity index (χ2v) is 4.83. The number of rotatable bonds is 8. The molecule has 1 heterocycles. The highest BCUT2D eigenvalue weighted by molar-refractivity contribution is 5.66. The molecule has 1 N–H and O–H groups in total. The SMILES string of the molecule is CCCC(CCC(=O)O)CCN1CCOCC1. The summed E-state index contributed by atoms with van der Waals surface area (Å²) in [6, 6.07) is 0. The molecule has 0 radical (unpaired) electrons. The van der Waals surface area contributed by atoms with E-state index in [9.17, 15) is 4.79 Å². The number of hydrogen-bond donors (Lipinski definition) is 1. The number of carboxylic acid groups (broad SMARTS) is 1. The van der Waals surface area contributed by atoms with Crippen LogP contribution in [0.1, 0.15) is 39.0 Å². The van der Waals surface area contributed by atoms with Crippen molar-refractivity contribution < 1.29 is 14.6 Å². The Hall–Kier alpha value is -0.610. The molecular weight excluding hydrogens is 218 g/mol. The number of hydrogen-bond acceptors (Lipinski definition) is 3. The van der Waals surface area contributed by atoms with Gasteiger partial charge >= 0.3 is 5.97 Å². The van der Waals surface area contributed by atoms with Gasteiger partial charge in [-0.1, -0.05) is 19.8 Å². The molecule has 4 nitrogen and oxygen atoms in total. The molecule has 0 aromatic heterocycles. The number of ether oxygens (including phenoxy) is 1. The summed E-state index contributed by atoms with van der Waals surface area (Å²) in [5.41, 5.74) is 0. The van der Waals surface area contributed by atoms with Crippen LogP contribution in [0.15, 0.2) is 0 Å². The van der Waals surface area contributed by atoms with E-state index in [-0.39, 0.29) is 0 Å². The number of aliphatic carboxylic acids is 1. The minimum Gasteiger partial charge on any atom is -0.481 e. The maximum atomic E-state index is 10.6. The first-order valence-corrected chi connectivity index (χ1v) is 6.74. The average Bonchev–Trinajstić information content (AvgIpc) is 2.34. The van der Waals surface area contributed by atoms with Gasteiger partial charge in [-0.2, -0.15) is 0 Å². The van der Waals surface area contributed by atoms with E-state index in [1.54, 1.807) is 0 Å². The van der Waals surface area contributed by atoms with Gasteiger partial charge in [0.25, 0.3) is 0 Å². The summed E-state index contributed by atoms with van der Waals surface area (Å²) in [6.45, 7) is 6.99. The number of carbonyl (C=O) groups is 1. The average molecular weight is 243 g/mol. The molecule has 0 aliphatic carbocycles. The molecule has 0 saturated carbocycles. The third-order valence-corrected chi connectivity index (χ3v) is 3.42. The van der Waals surface area contributed by atoms with Crippen molar-refractivity contribution in [3.05, 3.63) is 0 Å². The highest BCUT2D eigenvalue weighted by Crippen LogP contribution is 2.18. The third kappa shape index (κ3) is 6.64. The van der Waals surface area contributed by atoms with Gasteiger partial charge in [0, 0.05) is 19.5 Å². The maximum absolute atomic E-state index is 10.6. The molecule has 4 heteroatoms. The summed E-state index contributed by atoms with van der Waals surface area (Å²) in [5, 5.41) is 8.72. The Morgan fingerprint density at radius 3 is 2.59 bits per heavy atom. The summed E-state index contributed by atoms with van der Waals surface area (Å²) in [4.78, 5) is 13.0. The Morgan fingerprint density at radius 2 is 2.00 bits per heavy atom. The largest absolute Gasteiger partial charge is 0.481 e. The fourth-order valence-electron chi connectivity index (χ4n) is 2.36. The minimum atomic E-state index is -0.669.